The third-order valence-electron chi connectivity index (χ3n) is 7.62. The summed E-state index contributed by atoms with van der Waals surface area (Å²) in [7, 11) is 0. The molecule has 0 radical (unpaired) electrons. The Morgan fingerprint density at radius 1 is 0.634 bits per heavy atom. The lowest BCUT2D eigenvalue weighted by Crippen LogP contribution is -2.51. The van der Waals surface area contributed by atoms with Gasteiger partial charge in [-0.1, -0.05) is 107 Å². The van der Waals surface area contributed by atoms with Gasteiger partial charge in [-0.15, -0.1) is 11.8 Å². The van der Waals surface area contributed by atoms with E-state index in [1.54, 1.807) is 72.8 Å². The molecule has 4 aromatic rings. The Kier molecular flexibility index (Phi) is 8.64. The molecule has 1 aliphatic rings. The first-order valence-electron chi connectivity index (χ1n) is 13.2. The minimum absolute atomic E-state index is 0.252. The fraction of sp³-hybridized carbons (Fsp3) is 0.212. The molecule has 4 aromatic carbocycles. The molecule has 0 amide bonds. The van der Waals surface area contributed by atoms with Gasteiger partial charge in [0, 0.05) is 26.1 Å². The van der Waals surface area contributed by atoms with Gasteiger partial charge < -0.3 is 0 Å². The Morgan fingerprint density at radius 3 is 1.29 bits per heavy atom. The number of benzene rings is 4. The zero-order chi connectivity index (χ0) is 29.3. The van der Waals surface area contributed by atoms with Crippen molar-refractivity contribution in [3.63, 3.8) is 0 Å². The summed E-state index contributed by atoms with van der Waals surface area (Å²) in [6.07, 6.45) is 0. The predicted molar refractivity (Wildman–Crippen MR) is 165 cm³/mol. The third kappa shape index (κ3) is 6.10. The van der Waals surface area contributed by atoms with Crippen molar-refractivity contribution < 1.29 is 14.5 Å². The van der Waals surface area contributed by atoms with E-state index < -0.39 is 28.4 Å². The van der Waals surface area contributed by atoms with Crippen LogP contribution in [0.3, 0.4) is 0 Å². The zero-order valence-corrected chi connectivity index (χ0v) is 24.7. The molecule has 0 aliphatic carbocycles. The monoisotopic (exact) mass is 603 g/mol. The minimum Gasteiger partial charge on any atom is -0.293 e. The van der Waals surface area contributed by atoms with Gasteiger partial charge in [0.05, 0.1) is 22.3 Å². The molecule has 0 spiro atoms. The summed E-state index contributed by atoms with van der Waals surface area (Å²) in [6, 6.07) is 26.7. The lowest BCUT2D eigenvalue weighted by molar-refractivity contribution is -0.531. The molecule has 0 aromatic heterocycles. The van der Waals surface area contributed by atoms with Crippen molar-refractivity contribution in [2.45, 2.75) is 42.2 Å². The standard InChI is InChI=1S/C33H27Cl2NO4S/c1-19-3-7-23(8-4-19)30(37)32-27(21-11-15-25(34)16-12-21)29(36(39)40)28(22-13-17-26(35)18-14-22)33(41-32)31(38)24-9-5-20(2)6-10-24/h3-18,27-29,32-33H,1-2H3/t27-,28-,32-,33-/m0/s1. The summed E-state index contributed by atoms with van der Waals surface area (Å²) in [5.41, 5.74) is 4.11. The summed E-state index contributed by atoms with van der Waals surface area (Å²) in [6.45, 7) is 3.85. The number of hydrogen-bond acceptors (Lipinski definition) is 5. The van der Waals surface area contributed by atoms with Crippen LogP contribution in [0.25, 0.3) is 0 Å². The van der Waals surface area contributed by atoms with Crippen molar-refractivity contribution >= 4 is 46.5 Å². The number of nitrogens with zero attached hydrogens (tertiary/aromatic N) is 1. The number of halogens is 2. The number of ketones is 2. The number of nitro groups is 1. The highest BCUT2D eigenvalue weighted by atomic mass is 35.5. The highest BCUT2D eigenvalue weighted by molar-refractivity contribution is 8.02. The molecular formula is C33H27Cl2NO4S. The predicted octanol–water partition coefficient (Wildman–Crippen LogP) is 8.37. The van der Waals surface area contributed by atoms with Crippen molar-refractivity contribution in [2.24, 2.45) is 0 Å². The van der Waals surface area contributed by atoms with Crippen LogP contribution in [0.5, 0.6) is 0 Å². The number of aryl methyl sites for hydroxylation is 2. The van der Waals surface area contributed by atoms with Crippen LogP contribution in [0.15, 0.2) is 97.1 Å². The number of thioether (sulfide) groups is 1. The van der Waals surface area contributed by atoms with Gasteiger partial charge in [0.15, 0.2) is 11.6 Å². The molecule has 0 unspecified atom stereocenters. The number of carbonyl (C=O) groups excluding carboxylic acids is 2. The fourth-order valence-electron chi connectivity index (χ4n) is 5.50. The average Bonchev–Trinajstić information content (AvgIpc) is 2.97. The van der Waals surface area contributed by atoms with Crippen molar-refractivity contribution in [1.29, 1.82) is 0 Å². The van der Waals surface area contributed by atoms with E-state index in [1.807, 2.05) is 38.1 Å². The van der Waals surface area contributed by atoms with Crippen LogP contribution < -0.4 is 0 Å². The lowest BCUT2D eigenvalue weighted by Gasteiger charge is -2.42. The number of rotatable bonds is 7. The first-order valence-corrected chi connectivity index (χ1v) is 14.9. The van der Waals surface area contributed by atoms with Gasteiger partial charge in [-0.3, -0.25) is 19.7 Å². The average molecular weight is 605 g/mol. The van der Waals surface area contributed by atoms with E-state index >= 15 is 0 Å². The second-order valence-corrected chi connectivity index (χ2v) is 12.5. The molecule has 208 valence electrons. The summed E-state index contributed by atoms with van der Waals surface area (Å²) >= 11 is 13.6. The van der Waals surface area contributed by atoms with Gasteiger partial charge in [0.25, 0.3) is 0 Å². The Bertz CT molecular complexity index is 1460. The quantitative estimate of drug-likeness (QED) is 0.120. The third-order valence-corrected chi connectivity index (χ3v) is 9.73. The Hall–Kier alpha value is -3.45. The molecule has 1 saturated heterocycles. The molecule has 1 fully saturated rings. The minimum atomic E-state index is -1.28. The Labute approximate surface area is 253 Å². The van der Waals surface area contributed by atoms with Crippen LogP contribution in [-0.2, 0) is 0 Å². The van der Waals surface area contributed by atoms with Crippen LogP contribution in [-0.4, -0.2) is 33.0 Å². The van der Waals surface area contributed by atoms with E-state index in [2.05, 4.69) is 0 Å². The fourth-order valence-corrected chi connectivity index (χ4v) is 7.56. The summed E-state index contributed by atoms with van der Waals surface area (Å²) in [5.74, 6) is -2.16. The Morgan fingerprint density at radius 2 is 0.976 bits per heavy atom. The first-order chi connectivity index (χ1) is 19.6. The van der Waals surface area contributed by atoms with Crippen LogP contribution in [0.2, 0.25) is 10.0 Å². The second-order valence-electron chi connectivity index (χ2n) is 10.4. The summed E-state index contributed by atoms with van der Waals surface area (Å²) < 4.78 is 0. The molecule has 5 rings (SSSR count). The van der Waals surface area contributed by atoms with E-state index in [-0.39, 0.29) is 16.5 Å². The maximum Gasteiger partial charge on any atom is 0.229 e. The normalized spacial score (nSPS) is 22.2. The maximum atomic E-state index is 14.2. The van der Waals surface area contributed by atoms with Gasteiger partial charge in [0.2, 0.25) is 6.04 Å². The van der Waals surface area contributed by atoms with E-state index in [1.165, 1.54) is 11.8 Å². The van der Waals surface area contributed by atoms with E-state index in [4.69, 9.17) is 23.2 Å². The van der Waals surface area contributed by atoms with E-state index in [9.17, 15) is 19.7 Å². The molecule has 0 N–H and O–H groups in total. The maximum absolute atomic E-state index is 14.2. The SMILES string of the molecule is Cc1ccc(C(=O)[C@H]2S[C@H](C(=O)c3ccc(C)cc3)[C@@H](c3ccc(Cl)cc3)C([N+](=O)[O-])[C@@H]2c2ccc(Cl)cc2)cc1. The molecule has 0 bridgehead atoms. The van der Waals surface area contributed by atoms with Gasteiger partial charge in [-0.05, 0) is 49.2 Å². The topological polar surface area (TPSA) is 77.3 Å². The molecule has 0 saturated carbocycles. The highest BCUT2D eigenvalue weighted by Gasteiger charge is 2.57. The second kappa shape index (κ2) is 12.2. The molecule has 8 heteroatoms. The van der Waals surface area contributed by atoms with Crippen LogP contribution in [0.1, 0.15) is 54.8 Å². The van der Waals surface area contributed by atoms with Gasteiger partial charge in [-0.25, -0.2) is 0 Å². The van der Waals surface area contributed by atoms with Crippen molar-refractivity contribution in [3.05, 3.63) is 151 Å². The Balaban J connectivity index is 1.71. The van der Waals surface area contributed by atoms with Crippen LogP contribution >= 0.6 is 35.0 Å². The van der Waals surface area contributed by atoms with Crippen LogP contribution in [0, 0.1) is 24.0 Å². The van der Waals surface area contributed by atoms with Gasteiger partial charge >= 0.3 is 0 Å². The smallest absolute Gasteiger partial charge is 0.229 e. The molecule has 1 aliphatic heterocycles. The lowest BCUT2D eigenvalue weighted by atomic mass is 9.74. The highest BCUT2D eigenvalue weighted by Crippen LogP contribution is 2.52. The molecule has 4 atom stereocenters. The zero-order valence-electron chi connectivity index (χ0n) is 22.4. The van der Waals surface area contributed by atoms with Gasteiger partial charge in [-0.2, -0.15) is 0 Å². The summed E-state index contributed by atoms with van der Waals surface area (Å²) in [4.78, 5) is 41.1. The molecule has 1 heterocycles. The molecule has 5 nitrogen and oxygen atoms in total. The largest absolute Gasteiger partial charge is 0.293 e. The summed E-state index contributed by atoms with van der Waals surface area (Å²) in [5, 5.41) is 12.3. The van der Waals surface area contributed by atoms with Crippen LogP contribution in [0.4, 0.5) is 0 Å². The van der Waals surface area contributed by atoms with Crippen molar-refractivity contribution in [2.75, 3.05) is 0 Å². The first kappa shape index (κ1) is 29.1. The number of carbonyl (C=O) groups is 2. The molecule has 41 heavy (non-hydrogen) atoms. The van der Waals surface area contributed by atoms with Crippen molar-refractivity contribution in [3.8, 4) is 0 Å². The van der Waals surface area contributed by atoms with Crippen molar-refractivity contribution in [1.82, 2.24) is 0 Å². The van der Waals surface area contributed by atoms with E-state index in [0.29, 0.717) is 32.3 Å². The number of Topliss-reactive ketones (excluding diaryl/α,β-unsaturated/α-hetero) is 2. The van der Waals surface area contributed by atoms with E-state index in [0.717, 1.165) is 11.1 Å². The van der Waals surface area contributed by atoms with Gasteiger partial charge in [0.1, 0.15) is 0 Å². The molecular weight excluding hydrogens is 577 g/mol. The number of hydrogen-bond donors (Lipinski definition) is 0.